The van der Waals surface area contributed by atoms with Crippen molar-refractivity contribution in [3.05, 3.63) is 34.4 Å². The van der Waals surface area contributed by atoms with Gasteiger partial charge in [-0.05, 0) is 12.5 Å². The van der Waals surface area contributed by atoms with E-state index in [1.165, 1.54) is 22.5 Å². The summed E-state index contributed by atoms with van der Waals surface area (Å²) in [6, 6.07) is 4.39. The van der Waals surface area contributed by atoms with Crippen LogP contribution in [0.3, 0.4) is 0 Å². The molecule has 0 bridgehead atoms. The molecule has 11 heteroatoms. The highest BCUT2D eigenvalue weighted by Crippen LogP contribution is 2.22. The van der Waals surface area contributed by atoms with E-state index in [-0.39, 0.29) is 55.1 Å². The first kappa shape index (κ1) is 22.3. The number of non-ortho nitro benzene ring substituents is 1. The molecule has 1 heterocycles. The first-order valence-corrected chi connectivity index (χ1v) is 9.50. The van der Waals surface area contributed by atoms with E-state index in [0.717, 1.165) is 12.5 Å². The maximum absolute atomic E-state index is 12.7. The second-order valence-corrected chi connectivity index (χ2v) is 7.82. The number of amides is 1. The van der Waals surface area contributed by atoms with Crippen LogP contribution in [0.1, 0.15) is 19.8 Å². The van der Waals surface area contributed by atoms with Gasteiger partial charge in [-0.1, -0.05) is 19.4 Å². The van der Waals surface area contributed by atoms with Crippen molar-refractivity contribution in [2.75, 3.05) is 26.2 Å². The summed E-state index contributed by atoms with van der Waals surface area (Å²) in [7, 11) is -3.84. The van der Waals surface area contributed by atoms with E-state index in [0.29, 0.717) is 6.42 Å². The minimum absolute atomic E-state index is 0. The van der Waals surface area contributed by atoms with Gasteiger partial charge in [0.05, 0.1) is 15.9 Å². The monoisotopic (exact) mass is 406 g/mol. The van der Waals surface area contributed by atoms with Crippen LogP contribution < -0.4 is 5.73 Å². The molecule has 1 unspecified atom stereocenters. The molecule has 0 saturated carbocycles. The molecule has 1 aromatic rings. The van der Waals surface area contributed by atoms with Crippen molar-refractivity contribution >= 4 is 34.0 Å². The van der Waals surface area contributed by atoms with Gasteiger partial charge in [0.25, 0.3) is 5.69 Å². The van der Waals surface area contributed by atoms with Gasteiger partial charge in [-0.2, -0.15) is 4.31 Å². The fraction of sp³-hybridized carbons (Fsp3) is 0.533. The summed E-state index contributed by atoms with van der Waals surface area (Å²) in [5.41, 5.74) is 5.55. The van der Waals surface area contributed by atoms with Gasteiger partial charge in [-0.3, -0.25) is 14.9 Å². The number of nitro groups is 1. The number of rotatable bonds is 6. The van der Waals surface area contributed by atoms with Gasteiger partial charge in [-0.25, -0.2) is 8.42 Å². The molecule has 0 radical (unpaired) electrons. The van der Waals surface area contributed by atoms with Gasteiger partial charge >= 0.3 is 0 Å². The van der Waals surface area contributed by atoms with E-state index >= 15 is 0 Å². The topological polar surface area (TPSA) is 127 Å². The Morgan fingerprint density at radius 1 is 1.31 bits per heavy atom. The number of halogens is 1. The molecule has 2 N–H and O–H groups in total. The van der Waals surface area contributed by atoms with Gasteiger partial charge in [0.2, 0.25) is 15.9 Å². The summed E-state index contributed by atoms with van der Waals surface area (Å²) in [5.74, 6) is -0.172. The number of carbonyl (C=O) groups excluding carboxylic acids is 1. The maximum atomic E-state index is 12.7. The number of carbonyl (C=O) groups is 1. The summed E-state index contributed by atoms with van der Waals surface area (Å²) in [6.45, 7) is 2.72. The molecule has 26 heavy (non-hydrogen) atoms. The zero-order chi connectivity index (χ0) is 18.6. The first-order chi connectivity index (χ1) is 11.8. The Balaban J connectivity index is 0.00000338. The van der Waals surface area contributed by atoms with Gasteiger partial charge in [0, 0.05) is 38.3 Å². The number of piperazine rings is 1. The average molecular weight is 407 g/mol. The molecule has 146 valence electrons. The van der Waals surface area contributed by atoms with Crippen LogP contribution in [0, 0.1) is 10.1 Å². The summed E-state index contributed by atoms with van der Waals surface area (Å²) in [4.78, 5) is 23.8. The number of benzene rings is 1. The average Bonchev–Trinajstić information content (AvgIpc) is 2.61. The second kappa shape index (κ2) is 9.26. The van der Waals surface area contributed by atoms with Gasteiger partial charge in [0.1, 0.15) is 0 Å². The Morgan fingerprint density at radius 2 is 1.92 bits per heavy atom. The molecular weight excluding hydrogens is 384 g/mol. The Labute approximate surface area is 158 Å². The van der Waals surface area contributed by atoms with Crippen molar-refractivity contribution in [2.45, 2.75) is 30.7 Å². The van der Waals surface area contributed by atoms with E-state index in [4.69, 9.17) is 5.73 Å². The van der Waals surface area contributed by atoms with E-state index in [2.05, 4.69) is 0 Å². The van der Waals surface area contributed by atoms with E-state index in [1.807, 2.05) is 6.92 Å². The molecule has 2 rings (SSSR count). The molecule has 1 aliphatic heterocycles. The van der Waals surface area contributed by atoms with Crippen molar-refractivity contribution in [1.82, 2.24) is 9.21 Å². The second-order valence-electron chi connectivity index (χ2n) is 5.88. The zero-order valence-electron chi connectivity index (χ0n) is 14.4. The summed E-state index contributed by atoms with van der Waals surface area (Å²) in [5, 5.41) is 10.8. The molecule has 0 aliphatic carbocycles. The highest BCUT2D eigenvalue weighted by Gasteiger charge is 2.32. The maximum Gasteiger partial charge on any atom is 0.270 e. The SMILES string of the molecule is CCCC(N)C(=O)N1CCN(S(=O)(=O)c2cccc([N+](=O)[O-])c2)CC1.Cl. The Morgan fingerprint density at radius 3 is 2.46 bits per heavy atom. The molecule has 1 fully saturated rings. The highest BCUT2D eigenvalue weighted by atomic mass is 35.5. The van der Waals surface area contributed by atoms with E-state index in [1.54, 1.807) is 4.90 Å². The lowest BCUT2D eigenvalue weighted by Gasteiger charge is -2.35. The zero-order valence-corrected chi connectivity index (χ0v) is 16.0. The Hall–Kier alpha value is -1.75. The number of sulfonamides is 1. The van der Waals surface area contributed by atoms with Crippen LogP contribution in [-0.2, 0) is 14.8 Å². The highest BCUT2D eigenvalue weighted by molar-refractivity contribution is 7.89. The Kier molecular flexibility index (Phi) is 7.94. The van der Waals surface area contributed by atoms with Crippen molar-refractivity contribution in [3.8, 4) is 0 Å². The predicted molar refractivity (Wildman–Crippen MR) is 98.6 cm³/mol. The van der Waals surface area contributed by atoms with Gasteiger partial charge in [0.15, 0.2) is 0 Å². The van der Waals surface area contributed by atoms with Crippen LogP contribution in [0.25, 0.3) is 0 Å². The third kappa shape index (κ3) is 4.91. The van der Waals surface area contributed by atoms with Crippen molar-refractivity contribution in [3.63, 3.8) is 0 Å². The first-order valence-electron chi connectivity index (χ1n) is 8.06. The summed E-state index contributed by atoms with van der Waals surface area (Å²) in [6.07, 6.45) is 1.39. The predicted octanol–water partition coefficient (Wildman–Crippen LogP) is 0.977. The largest absolute Gasteiger partial charge is 0.339 e. The Bertz CT molecular complexity index is 750. The molecule has 1 aromatic carbocycles. The number of hydrogen-bond donors (Lipinski definition) is 1. The smallest absolute Gasteiger partial charge is 0.270 e. The van der Waals surface area contributed by atoms with E-state index in [9.17, 15) is 23.3 Å². The van der Waals surface area contributed by atoms with Crippen LogP contribution in [0.4, 0.5) is 5.69 Å². The van der Waals surface area contributed by atoms with Gasteiger partial charge in [-0.15, -0.1) is 12.4 Å². The van der Waals surface area contributed by atoms with Crippen molar-refractivity contribution < 1.29 is 18.1 Å². The number of hydrogen-bond acceptors (Lipinski definition) is 6. The van der Waals surface area contributed by atoms with Crippen LogP contribution >= 0.6 is 12.4 Å². The van der Waals surface area contributed by atoms with Crippen LogP contribution in [-0.4, -0.2) is 60.7 Å². The van der Waals surface area contributed by atoms with Crippen molar-refractivity contribution in [1.29, 1.82) is 0 Å². The lowest BCUT2D eigenvalue weighted by atomic mass is 10.1. The molecule has 1 atom stereocenters. The molecule has 1 aliphatic rings. The fourth-order valence-corrected chi connectivity index (χ4v) is 4.19. The summed E-state index contributed by atoms with van der Waals surface area (Å²) < 4.78 is 26.5. The fourth-order valence-electron chi connectivity index (χ4n) is 2.72. The van der Waals surface area contributed by atoms with E-state index < -0.39 is 21.0 Å². The van der Waals surface area contributed by atoms with Gasteiger partial charge < -0.3 is 10.6 Å². The summed E-state index contributed by atoms with van der Waals surface area (Å²) >= 11 is 0. The standard InChI is InChI=1S/C15H22N4O5S.ClH/c1-2-4-14(16)15(20)17-7-9-18(10-8-17)25(23,24)13-6-3-5-12(11-13)19(21)22;/h3,5-6,11,14H,2,4,7-10,16H2,1H3;1H. The third-order valence-corrected chi connectivity index (χ3v) is 6.03. The van der Waals surface area contributed by atoms with Crippen molar-refractivity contribution in [2.24, 2.45) is 5.73 Å². The molecule has 0 spiro atoms. The van der Waals surface area contributed by atoms with Crippen LogP contribution in [0.5, 0.6) is 0 Å². The number of nitro benzene ring substituents is 1. The third-order valence-electron chi connectivity index (χ3n) is 4.13. The molecule has 1 amide bonds. The number of nitrogens with two attached hydrogens (primary N) is 1. The quantitative estimate of drug-likeness (QED) is 0.554. The molecule has 9 nitrogen and oxygen atoms in total. The number of nitrogens with zero attached hydrogens (tertiary/aromatic N) is 3. The molecular formula is C15H23ClN4O5S. The minimum Gasteiger partial charge on any atom is -0.339 e. The minimum atomic E-state index is -3.84. The lowest BCUT2D eigenvalue weighted by Crippen LogP contribution is -2.54. The van der Waals surface area contributed by atoms with Crippen LogP contribution in [0.2, 0.25) is 0 Å². The normalized spacial score (nSPS) is 16.6. The lowest BCUT2D eigenvalue weighted by molar-refractivity contribution is -0.385. The molecule has 0 aromatic heterocycles. The molecule has 1 saturated heterocycles. The van der Waals surface area contributed by atoms with Crippen LogP contribution in [0.15, 0.2) is 29.2 Å².